The average Bonchev–Trinajstić information content (AvgIpc) is 0.799. The van der Waals surface area contributed by atoms with Gasteiger partial charge in [-0.3, -0.25) is 43.2 Å². The van der Waals surface area contributed by atoms with Gasteiger partial charge in [0.2, 0.25) is 0 Å². The van der Waals surface area contributed by atoms with Crippen LogP contribution in [0.2, 0.25) is 0 Å². The van der Waals surface area contributed by atoms with Gasteiger partial charge in [-0.1, -0.05) is 245 Å². The lowest BCUT2D eigenvalue weighted by molar-refractivity contribution is -0.243. The molecule has 5 fully saturated rings. The van der Waals surface area contributed by atoms with Crippen LogP contribution in [-0.4, -0.2) is 219 Å². The number of aliphatic hydroxyl groups is 6. The Balaban J connectivity index is 0.000000255. The fraction of sp³-hybridized carbons (Fsp3) is 0.545. The molecule has 0 bridgehead atoms. The van der Waals surface area contributed by atoms with E-state index in [4.69, 9.17) is 71.1 Å². The Morgan fingerprint density at radius 3 is 0.700 bits per heavy atom. The monoisotopic (exact) mass is 1820 g/mol. The summed E-state index contributed by atoms with van der Waals surface area (Å²) >= 11 is 0. The second-order valence-corrected chi connectivity index (χ2v) is 33.5. The zero-order valence-corrected chi connectivity index (χ0v) is 76.2. The van der Waals surface area contributed by atoms with E-state index in [0.29, 0.717) is 39.6 Å². The zero-order chi connectivity index (χ0) is 95.0. The topological polar surface area (TPSA) is 413 Å². The first kappa shape index (κ1) is 109. The summed E-state index contributed by atoms with van der Waals surface area (Å²) in [4.78, 5) is 101. The molecule has 0 amide bonds. The molecule has 5 aliphatic rings. The van der Waals surface area contributed by atoms with Crippen LogP contribution in [0.3, 0.4) is 0 Å². The van der Waals surface area contributed by atoms with Crippen LogP contribution in [0.1, 0.15) is 159 Å². The van der Waals surface area contributed by atoms with Crippen LogP contribution in [-0.2, 0) is 154 Å². The number of halogens is 1. The highest BCUT2D eigenvalue weighted by atomic mass is 18.2. The number of carbonyl (C=O) groups excluding carboxylic acids is 9. The summed E-state index contributed by atoms with van der Waals surface area (Å²) in [5, 5.41) is 63.7. The summed E-state index contributed by atoms with van der Waals surface area (Å²) < 4.78 is 97.9. The largest absolute Gasteiger partial charge is 0.462 e. The van der Waals surface area contributed by atoms with Gasteiger partial charge in [0.15, 0.2) is 18.3 Å². The summed E-state index contributed by atoms with van der Waals surface area (Å²) in [6.45, 7) is 27.6. The van der Waals surface area contributed by atoms with Gasteiger partial charge in [-0.25, -0.2) is 4.39 Å². The van der Waals surface area contributed by atoms with Crippen LogP contribution in [0.15, 0.2) is 182 Å². The van der Waals surface area contributed by atoms with E-state index >= 15 is 0 Å². The third kappa shape index (κ3) is 32.2. The minimum absolute atomic E-state index is 0. The number of ether oxygens (including phenoxy) is 15. The Bertz CT molecular complexity index is 4060. The number of hydrogen-bond acceptors (Lipinski definition) is 30. The van der Waals surface area contributed by atoms with Crippen molar-refractivity contribution in [2.75, 3.05) is 0 Å². The molecule has 0 saturated heterocycles. The Hall–Kier alpha value is -10.0. The quantitative estimate of drug-likeness (QED) is 0.0206. The molecule has 31 heteroatoms. The first-order valence-corrected chi connectivity index (χ1v) is 43.4. The Labute approximate surface area is 761 Å². The third-order valence-corrected chi connectivity index (χ3v) is 23.4. The van der Waals surface area contributed by atoms with Gasteiger partial charge in [0.1, 0.15) is 85.5 Å². The van der Waals surface area contributed by atoms with Gasteiger partial charge in [0, 0.05) is 110 Å². The summed E-state index contributed by atoms with van der Waals surface area (Å²) in [6, 6.07) is 59.8. The van der Waals surface area contributed by atoms with Crippen molar-refractivity contribution >= 4 is 53.7 Å². The van der Waals surface area contributed by atoms with Crippen molar-refractivity contribution in [3.8, 4) is 0 Å². The highest BCUT2D eigenvalue weighted by Gasteiger charge is 2.57. The molecule has 716 valence electrons. The molecule has 0 spiro atoms. The van der Waals surface area contributed by atoms with Crippen molar-refractivity contribution in [1.29, 1.82) is 0 Å². The van der Waals surface area contributed by atoms with E-state index in [0.717, 1.165) is 61.1 Å². The number of alkyl halides is 1. The van der Waals surface area contributed by atoms with E-state index in [2.05, 4.69) is 31.2 Å². The number of carbonyl (C=O) groups is 9. The number of benzene rings is 6. The lowest BCUT2D eigenvalue weighted by atomic mass is 9.74. The average molecular weight is 1820 g/mol. The number of hydrogen-bond donors (Lipinski definition) is 6. The molecule has 0 heterocycles. The predicted octanol–water partition coefficient (Wildman–Crippen LogP) is 11.1. The van der Waals surface area contributed by atoms with Gasteiger partial charge in [-0.15, -0.1) is 0 Å². The van der Waals surface area contributed by atoms with Gasteiger partial charge in [-0.2, -0.15) is 0 Å². The minimum Gasteiger partial charge on any atom is -0.462 e. The first-order valence-electron chi connectivity index (χ1n) is 43.4. The summed E-state index contributed by atoms with van der Waals surface area (Å²) in [5.74, 6) is -8.39. The molecule has 30 atom stereocenters. The molecular formula is C99H133FO30. The van der Waals surface area contributed by atoms with Crippen molar-refractivity contribution in [2.45, 2.75) is 299 Å². The highest BCUT2D eigenvalue weighted by molar-refractivity contribution is 5.70. The van der Waals surface area contributed by atoms with E-state index in [1.165, 1.54) is 34.6 Å². The molecule has 130 heavy (non-hydrogen) atoms. The van der Waals surface area contributed by atoms with Crippen molar-refractivity contribution in [1.82, 2.24) is 0 Å². The zero-order valence-electron chi connectivity index (χ0n) is 76.2. The third-order valence-electron chi connectivity index (χ3n) is 23.4. The standard InChI is InChI=1S/C29H34O4.C28H32O5.C14H21FO6.C14H22O7.C13H20O8.CH4/c1-21-26(30)29(33-20-25-16-10-5-11-17-25)28(32-19-24-14-8-4-9-15-24)22(2)27(21)31-18-23-12-6-3-7-13-23;1-20-26(31-17-21-11-5-2-6-12-21)24(29)25(30)28(33-19-23-15-9-4-10-16-23)27(20)32-18-22-13-7-3-8-14-22;1-6-11(15)14(21-10(5)18)13(20-9(4)17)7(2)12(6)19-8(3)16;1-6-11(18)14(21-10(5)17)13(20-9(4)16)7(2)12(6)19-8(3)15;1-5-11(19-6(2)14)9(17)10(18)13(21-8(4)16)12(5)20-7(3)15;/h3-17,21-22,26-30H,18-20H2,1-2H3;2-16,20,24-30H,17-19H2,1H3;6-7,11-14H,1-5H3;6-7,11-14,18H,1-5H3;5,9-13,17-18H,1-4H3;1H4/t21-,22-,26+,27?,28?,29?;20-,24-,25+,26?,27?,28?;6-,7-,11-,12?,13?,14?;6-,7-,11+,12?,13?,14?;5-,9-,10+,11?,12?,13?;/m00000./s1/i;;15-1;;;. The van der Waals surface area contributed by atoms with E-state index in [1.54, 1.807) is 34.6 Å². The Morgan fingerprint density at radius 1 is 0.208 bits per heavy atom. The molecule has 6 aromatic carbocycles. The van der Waals surface area contributed by atoms with Crippen LogP contribution < -0.4 is 0 Å². The van der Waals surface area contributed by atoms with E-state index < -0.39 is 205 Å². The Morgan fingerprint density at radius 2 is 0.385 bits per heavy atom. The van der Waals surface area contributed by atoms with Crippen LogP contribution in [0.25, 0.3) is 0 Å². The van der Waals surface area contributed by atoms with Crippen molar-refractivity contribution in [3.05, 3.63) is 215 Å². The SMILES string of the molecule is C.CC(=O)OC1C(OC(C)=O)[C@@H]([18F])[C@H](C)C(OC(C)=O)[C@@H]1C.CC(=O)OC1C(OC(C)=O)[C@H](O)[C@H](C)C(OC(C)=O)[C@@H]1C.CC(=O)OC1C(OC(C)=O)[C@H](O)[C@H](O)C(OC(C)=O)[C@@H]1C.C[C@@H]1C(OCc2ccccc2)C(OCc2ccccc2)[C@H](O)[C@H](C)C1OCc1ccccc1.C[C@@H]1C(OCc2ccccc2)C(OCc2ccccc2)[C@H](O)[C@H](O)C1OCc1ccccc1. The number of esters is 9. The molecule has 30 nitrogen and oxygen atoms in total. The molecule has 0 radical (unpaired) electrons. The molecule has 11 rings (SSSR count). The minimum atomic E-state index is -1.60. The van der Waals surface area contributed by atoms with Crippen LogP contribution in [0.4, 0.5) is 4.39 Å². The molecule has 5 saturated carbocycles. The maximum Gasteiger partial charge on any atom is 0.303 e. The predicted molar refractivity (Wildman–Crippen MR) is 471 cm³/mol. The van der Waals surface area contributed by atoms with Crippen LogP contribution in [0, 0.1) is 47.3 Å². The molecule has 5 aliphatic carbocycles. The van der Waals surface area contributed by atoms with Gasteiger partial charge in [0.25, 0.3) is 0 Å². The fourth-order valence-corrected chi connectivity index (χ4v) is 17.0. The van der Waals surface area contributed by atoms with Crippen molar-refractivity contribution < 1.29 is 149 Å². The maximum absolute atomic E-state index is 14.5. The summed E-state index contributed by atoms with van der Waals surface area (Å²) in [5.41, 5.74) is 6.34. The van der Waals surface area contributed by atoms with Gasteiger partial charge in [-0.05, 0) is 33.4 Å². The van der Waals surface area contributed by atoms with Gasteiger partial charge in [0.05, 0.1) is 70.2 Å². The van der Waals surface area contributed by atoms with E-state index in [1.807, 2.05) is 172 Å². The van der Waals surface area contributed by atoms with E-state index in [9.17, 15) is 78.2 Å². The molecular weight excluding hydrogens is 1690 g/mol. The summed E-state index contributed by atoms with van der Waals surface area (Å²) in [7, 11) is 0. The second kappa shape index (κ2) is 53.5. The highest BCUT2D eigenvalue weighted by Crippen LogP contribution is 2.42. The number of rotatable bonds is 27. The van der Waals surface area contributed by atoms with Crippen molar-refractivity contribution in [2.24, 2.45) is 47.3 Å². The normalized spacial score (nSPS) is 31.2. The molecule has 0 aliphatic heterocycles. The second-order valence-electron chi connectivity index (χ2n) is 33.5. The maximum atomic E-state index is 14.5. The Kier molecular flexibility index (Phi) is 44.8. The van der Waals surface area contributed by atoms with Crippen LogP contribution >= 0.6 is 0 Å². The lowest BCUT2D eigenvalue weighted by Crippen LogP contribution is -2.63. The molecule has 6 N–H and O–H groups in total. The van der Waals surface area contributed by atoms with E-state index in [-0.39, 0.29) is 37.4 Å². The van der Waals surface area contributed by atoms with Gasteiger partial charge < -0.3 is 102 Å². The molecule has 0 aromatic heterocycles. The van der Waals surface area contributed by atoms with Crippen molar-refractivity contribution in [3.63, 3.8) is 0 Å². The number of aliphatic hydroxyl groups excluding tert-OH is 6. The van der Waals surface area contributed by atoms with Gasteiger partial charge >= 0.3 is 53.7 Å². The smallest absolute Gasteiger partial charge is 0.303 e. The summed E-state index contributed by atoms with van der Waals surface area (Å²) in [6.07, 6.45) is -20.0. The fourth-order valence-electron chi connectivity index (χ4n) is 17.0. The lowest BCUT2D eigenvalue weighted by Gasteiger charge is -2.47. The van der Waals surface area contributed by atoms with Crippen LogP contribution in [0.5, 0.6) is 0 Å². The first-order chi connectivity index (χ1) is 61.2. The molecule has 6 aromatic rings. The molecule has 15 unspecified atom stereocenters.